The Kier molecular flexibility index (Phi) is 5.39. The van der Waals surface area contributed by atoms with Crippen molar-refractivity contribution in [1.82, 2.24) is 15.1 Å². The number of nitrogens with zero attached hydrogens (tertiary/aromatic N) is 2. The number of hydrogen-bond acceptors (Lipinski definition) is 4. The lowest BCUT2D eigenvalue weighted by Crippen LogP contribution is -2.38. The molecule has 3 aromatic rings. The second-order valence-electron chi connectivity index (χ2n) is 8.80. The molecule has 7 heteroatoms. The number of rotatable bonds is 5. The van der Waals surface area contributed by atoms with Gasteiger partial charge in [-0.15, -0.1) is 0 Å². The number of aromatic nitrogens is 2. The number of piperidine rings is 1. The molecule has 1 aromatic heterocycles. The van der Waals surface area contributed by atoms with Crippen molar-refractivity contribution in [2.75, 3.05) is 24.9 Å². The third kappa shape index (κ3) is 3.65. The molecule has 0 bridgehead atoms. The van der Waals surface area contributed by atoms with Crippen molar-refractivity contribution in [3.05, 3.63) is 84.1 Å². The monoisotopic (exact) mass is 448 g/mol. The van der Waals surface area contributed by atoms with Gasteiger partial charge in [-0.1, -0.05) is 54.6 Å². The van der Waals surface area contributed by atoms with Crippen molar-refractivity contribution in [2.45, 2.75) is 29.9 Å². The second-order valence-corrected chi connectivity index (χ2v) is 10.7. The normalized spacial score (nSPS) is 22.4. The smallest absolute Gasteiger partial charge is 0.246 e. The Labute approximate surface area is 189 Å². The Morgan fingerprint density at radius 1 is 1.09 bits per heavy atom. The quantitative estimate of drug-likeness (QED) is 0.601. The number of anilines is 1. The van der Waals surface area contributed by atoms with Crippen LogP contribution < -0.4 is 4.72 Å². The molecule has 0 saturated carbocycles. The Morgan fingerprint density at radius 3 is 2.59 bits per heavy atom. The van der Waals surface area contributed by atoms with Crippen LogP contribution >= 0.6 is 0 Å². The topological polar surface area (TPSA) is 78.1 Å². The number of benzene rings is 2. The summed E-state index contributed by atoms with van der Waals surface area (Å²) >= 11 is 0. The molecule has 1 atom stereocenters. The fourth-order valence-electron chi connectivity index (χ4n) is 4.83. The fourth-order valence-corrected chi connectivity index (χ4v) is 6.47. The lowest BCUT2D eigenvalue weighted by atomic mass is 9.91. The van der Waals surface area contributed by atoms with E-state index in [0.29, 0.717) is 18.0 Å². The Hall–Kier alpha value is -2.90. The van der Waals surface area contributed by atoms with E-state index < -0.39 is 14.8 Å². The summed E-state index contributed by atoms with van der Waals surface area (Å²) in [5.74, 6) is 0.383. The van der Waals surface area contributed by atoms with Crippen LogP contribution in [0, 0.1) is 0 Å². The maximum absolute atomic E-state index is 13.7. The third-order valence-electron chi connectivity index (χ3n) is 6.73. The molecular formula is C25H28N4O2S. The summed E-state index contributed by atoms with van der Waals surface area (Å²) < 4.78 is 29.2. The van der Waals surface area contributed by atoms with Crippen molar-refractivity contribution in [3.63, 3.8) is 0 Å². The van der Waals surface area contributed by atoms with E-state index in [1.54, 1.807) is 12.1 Å². The van der Waals surface area contributed by atoms with Gasteiger partial charge in [0.15, 0.2) is 0 Å². The maximum atomic E-state index is 13.7. The first kappa shape index (κ1) is 21.0. The molecule has 0 spiro atoms. The highest BCUT2D eigenvalue weighted by molar-refractivity contribution is 7.93. The summed E-state index contributed by atoms with van der Waals surface area (Å²) in [7, 11) is -1.63. The number of aromatic amines is 1. The minimum atomic E-state index is -3.77. The van der Waals surface area contributed by atoms with Crippen LogP contribution in [-0.2, 0) is 14.8 Å². The van der Waals surface area contributed by atoms with E-state index in [1.807, 2.05) is 60.7 Å². The number of hydrogen-bond donors (Lipinski definition) is 2. The van der Waals surface area contributed by atoms with Gasteiger partial charge in [0.1, 0.15) is 4.75 Å². The standard InChI is InChI=1S/C25H28N4O2S/c1-29-16-12-19(13-17-29)24-22-18-21(10-11-23(22)26-27-24)28-32(30,31)25(14-6-3-7-15-25)20-8-4-2-5-9-20/h2-11,14,18-19,28H,12-13,15-17H2,1H3,(H,26,27). The van der Waals surface area contributed by atoms with E-state index in [2.05, 4.69) is 26.9 Å². The van der Waals surface area contributed by atoms with E-state index >= 15 is 0 Å². The van der Waals surface area contributed by atoms with E-state index in [1.165, 1.54) is 0 Å². The third-order valence-corrected chi connectivity index (χ3v) is 8.73. The van der Waals surface area contributed by atoms with Crippen molar-refractivity contribution in [3.8, 4) is 0 Å². The number of allylic oxidation sites excluding steroid dienone is 3. The van der Waals surface area contributed by atoms with Gasteiger partial charge in [-0.3, -0.25) is 9.82 Å². The predicted molar refractivity (Wildman–Crippen MR) is 129 cm³/mol. The predicted octanol–water partition coefficient (Wildman–Crippen LogP) is 4.53. The minimum absolute atomic E-state index is 0.383. The highest BCUT2D eigenvalue weighted by atomic mass is 32.2. The molecule has 2 aliphatic rings. The summed E-state index contributed by atoms with van der Waals surface area (Å²) in [5.41, 5.74) is 3.28. The highest BCUT2D eigenvalue weighted by Crippen LogP contribution is 2.40. The number of sulfonamides is 1. The molecule has 1 fully saturated rings. The molecule has 6 nitrogen and oxygen atoms in total. The van der Waals surface area contributed by atoms with Crippen LogP contribution in [0.2, 0.25) is 0 Å². The zero-order valence-electron chi connectivity index (χ0n) is 18.2. The number of fused-ring (bicyclic) bond motifs is 1. The molecule has 0 radical (unpaired) electrons. The van der Waals surface area contributed by atoms with Gasteiger partial charge in [0.2, 0.25) is 10.0 Å². The van der Waals surface area contributed by atoms with E-state index in [9.17, 15) is 8.42 Å². The zero-order valence-corrected chi connectivity index (χ0v) is 19.0. The van der Waals surface area contributed by atoms with Crippen molar-refractivity contribution >= 4 is 26.6 Å². The van der Waals surface area contributed by atoms with Crippen molar-refractivity contribution in [1.29, 1.82) is 0 Å². The summed E-state index contributed by atoms with van der Waals surface area (Å²) in [6, 6.07) is 15.0. The number of likely N-dealkylation sites (tertiary alicyclic amines) is 1. The van der Waals surface area contributed by atoms with E-state index in [-0.39, 0.29) is 0 Å². The van der Waals surface area contributed by atoms with Crippen LogP contribution in [0.4, 0.5) is 5.69 Å². The van der Waals surface area contributed by atoms with Crippen LogP contribution in [0.15, 0.2) is 72.8 Å². The average molecular weight is 449 g/mol. The highest BCUT2D eigenvalue weighted by Gasteiger charge is 2.43. The first-order valence-electron chi connectivity index (χ1n) is 11.1. The lowest BCUT2D eigenvalue weighted by Gasteiger charge is -2.32. The van der Waals surface area contributed by atoms with Gasteiger partial charge in [-0.05, 0) is 63.2 Å². The van der Waals surface area contributed by atoms with Crippen LogP contribution in [0.5, 0.6) is 0 Å². The largest absolute Gasteiger partial charge is 0.306 e. The van der Waals surface area contributed by atoms with Crippen LogP contribution in [0.25, 0.3) is 10.9 Å². The molecule has 1 aliphatic carbocycles. The van der Waals surface area contributed by atoms with Gasteiger partial charge < -0.3 is 4.90 Å². The zero-order chi connectivity index (χ0) is 22.2. The number of H-pyrrole nitrogens is 1. The van der Waals surface area contributed by atoms with Gasteiger partial charge in [-0.25, -0.2) is 8.42 Å². The Morgan fingerprint density at radius 2 is 1.88 bits per heavy atom. The van der Waals surface area contributed by atoms with Gasteiger partial charge >= 0.3 is 0 Å². The molecule has 32 heavy (non-hydrogen) atoms. The number of nitrogens with one attached hydrogen (secondary N) is 2. The van der Waals surface area contributed by atoms with Crippen LogP contribution in [0.1, 0.15) is 36.4 Å². The van der Waals surface area contributed by atoms with E-state index in [4.69, 9.17) is 0 Å². The lowest BCUT2D eigenvalue weighted by molar-refractivity contribution is 0.254. The summed E-state index contributed by atoms with van der Waals surface area (Å²) in [6.07, 6.45) is 9.89. The first-order valence-corrected chi connectivity index (χ1v) is 12.6. The SMILES string of the molecule is CN1CCC(c2n[nH]c3ccc(NS(=O)(=O)C4(c5ccccc5)C=CC=CC4)cc23)CC1. The second kappa shape index (κ2) is 8.22. The molecule has 1 saturated heterocycles. The summed E-state index contributed by atoms with van der Waals surface area (Å²) in [4.78, 5) is 2.33. The Balaban J connectivity index is 1.50. The van der Waals surface area contributed by atoms with Crippen LogP contribution in [-0.4, -0.2) is 43.7 Å². The Bertz CT molecular complexity index is 1270. The molecular weight excluding hydrogens is 420 g/mol. The summed E-state index contributed by atoms with van der Waals surface area (Å²) in [5, 5.41) is 8.71. The summed E-state index contributed by atoms with van der Waals surface area (Å²) in [6.45, 7) is 2.09. The first-order chi connectivity index (χ1) is 15.5. The molecule has 5 rings (SSSR count). The van der Waals surface area contributed by atoms with Gasteiger partial charge in [0.25, 0.3) is 0 Å². The van der Waals surface area contributed by atoms with Crippen molar-refractivity contribution < 1.29 is 8.42 Å². The molecule has 166 valence electrons. The van der Waals surface area contributed by atoms with E-state index in [0.717, 1.165) is 48.1 Å². The molecule has 2 N–H and O–H groups in total. The fraction of sp³-hybridized carbons (Fsp3) is 0.320. The van der Waals surface area contributed by atoms with Gasteiger partial charge in [-0.2, -0.15) is 5.10 Å². The van der Waals surface area contributed by atoms with Gasteiger partial charge in [0.05, 0.1) is 11.2 Å². The molecule has 2 aromatic carbocycles. The molecule has 1 aliphatic heterocycles. The van der Waals surface area contributed by atoms with Crippen molar-refractivity contribution in [2.24, 2.45) is 0 Å². The molecule has 1 unspecified atom stereocenters. The van der Waals surface area contributed by atoms with Crippen LogP contribution in [0.3, 0.4) is 0 Å². The molecule has 2 heterocycles. The van der Waals surface area contributed by atoms with Gasteiger partial charge in [0, 0.05) is 17.0 Å². The maximum Gasteiger partial charge on any atom is 0.246 e. The average Bonchev–Trinajstić information content (AvgIpc) is 3.23. The molecule has 0 amide bonds. The minimum Gasteiger partial charge on any atom is -0.306 e.